The zero-order valence-electron chi connectivity index (χ0n) is 16.6. The smallest absolute Gasteiger partial charge is 0.138 e. The summed E-state index contributed by atoms with van der Waals surface area (Å²) in [5.74, 6) is 1.52. The van der Waals surface area contributed by atoms with Gasteiger partial charge in [-0.3, -0.25) is 0 Å². The maximum atomic E-state index is 6.26. The monoisotopic (exact) mass is 466 g/mol. The van der Waals surface area contributed by atoms with Crippen LogP contribution in [0.15, 0.2) is 40.9 Å². The van der Waals surface area contributed by atoms with Gasteiger partial charge in [0.1, 0.15) is 18.1 Å². The third-order valence-electron chi connectivity index (χ3n) is 5.16. The number of aryl methyl sites for hydroxylation is 1. The van der Waals surface area contributed by atoms with E-state index < -0.39 is 0 Å². The lowest BCUT2D eigenvalue weighted by molar-refractivity contribution is 0.153. The molecule has 0 radical (unpaired) electrons. The third-order valence-corrected chi connectivity index (χ3v) is 5.95. The van der Waals surface area contributed by atoms with E-state index in [1.807, 2.05) is 24.3 Å². The number of likely N-dealkylation sites (N-methyl/N-ethyl adjacent to an activating group) is 1. The second kappa shape index (κ2) is 10.5. The highest BCUT2D eigenvalue weighted by molar-refractivity contribution is 9.10. The molecule has 0 N–H and O–H groups in total. The maximum Gasteiger partial charge on any atom is 0.138 e. The Bertz CT molecular complexity index is 779. The fourth-order valence-corrected chi connectivity index (χ4v) is 4.15. The molecule has 0 bridgehead atoms. The molecule has 1 heterocycles. The first-order valence-corrected chi connectivity index (χ1v) is 10.9. The van der Waals surface area contributed by atoms with Crippen LogP contribution < -0.4 is 9.47 Å². The van der Waals surface area contributed by atoms with Crippen LogP contribution in [-0.2, 0) is 13.0 Å². The van der Waals surface area contributed by atoms with Crippen molar-refractivity contribution in [2.45, 2.75) is 19.4 Å². The molecule has 28 heavy (non-hydrogen) atoms. The van der Waals surface area contributed by atoms with Gasteiger partial charge in [0.05, 0.1) is 12.1 Å². The number of piperazine rings is 1. The Hall–Kier alpha value is -1.27. The topological polar surface area (TPSA) is 24.9 Å². The van der Waals surface area contributed by atoms with Gasteiger partial charge in [0.25, 0.3) is 0 Å². The van der Waals surface area contributed by atoms with Crippen molar-refractivity contribution < 1.29 is 9.47 Å². The SMILES string of the molecule is COc1ccc(CCCN2CCN(C)CC2)cc1COc1ccc(Br)cc1Cl. The molecule has 0 spiro atoms. The summed E-state index contributed by atoms with van der Waals surface area (Å²) in [6, 6.07) is 12.0. The van der Waals surface area contributed by atoms with Crippen LogP contribution in [0.3, 0.4) is 0 Å². The summed E-state index contributed by atoms with van der Waals surface area (Å²) in [5.41, 5.74) is 2.36. The lowest BCUT2D eigenvalue weighted by atomic mass is 10.1. The molecule has 0 amide bonds. The lowest BCUT2D eigenvalue weighted by Crippen LogP contribution is -2.44. The molecular weight excluding hydrogens is 440 g/mol. The average molecular weight is 468 g/mol. The summed E-state index contributed by atoms with van der Waals surface area (Å²) in [4.78, 5) is 4.95. The highest BCUT2D eigenvalue weighted by Gasteiger charge is 2.13. The van der Waals surface area contributed by atoms with Crippen LogP contribution in [0.25, 0.3) is 0 Å². The summed E-state index contributed by atoms with van der Waals surface area (Å²) in [6.07, 6.45) is 2.22. The minimum Gasteiger partial charge on any atom is -0.496 e. The number of rotatable bonds is 8. The highest BCUT2D eigenvalue weighted by atomic mass is 79.9. The van der Waals surface area contributed by atoms with Gasteiger partial charge >= 0.3 is 0 Å². The predicted octanol–water partition coefficient (Wildman–Crippen LogP) is 4.87. The number of benzene rings is 2. The fourth-order valence-electron chi connectivity index (χ4n) is 3.43. The second-order valence-electron chi connectivity index (χ2n) is 7.26. The largest absolute Gasteiger partial charge is 0.496 e. The van der Waals surface area contributed by atoms with Crippen LogP contribution >= 0.6 is 27.5 Å². The third kappa shape index (κ3) is 6.11. The molecule has 0 saturated carbocycles. The number of methoxy groups -OCH3 is 1. The zero-order chi connectivity index (χ0) is 19.9. The molecule has 152 valence electrons. The Balaban J connectivity index is 1.56. The summed E-state index contributed by atoms with van der Waals surface area (Å²) in [7, 11) is 3.89. The van der Waals surface area contributed by atoms with Crippen LogP contribution in [0.1, 0.15) is 17.5 Å². The first kappa shape index (κ1) is 21.4. The minimum atomic E-state index is 0.427. The molecule has 1 aliphatic heterocycles. The molecule has 4 nitrogen and oxygen atoms in total. The summed E-state index contributed by atoms with van der Waals surface area (Å²) in [6.45, 7) is 6.26. The van der Waals surface area contributed by atoms with Crippen molar-refractivity contribution in [2.24, 2.45) is 0 Å². The Labute approximate surface area is 181 Å². The lowest BCUT2D eigenvalue weighted by Gasteiger charge is -2.32. The van der Waals surface area contributed by atoms with Crippen LogP contribution in [0.2, 0.25) is 5.02 Å². The number of halogens is 2. The molecule has 1 fully saturated rings. The zero-order valence-corrected chi connectivity index (χ0v) is 18.9. The van der Waals surface area contributed by atoms with Crippen LogP contribution in [-0.4, -0.2) is 56.7 Å². The Morgan fingerprint density at radius 3 is 2.50 bits per heavy atom. The summed E-state index contributed by atoms with van der Waals surface area (Å²) in [5, 5.41) is 0.594. The van der Waals surface area contributed by atoms with Gasteiger partial charge in [-0.15, -0.1) is 0 Å². The van der Waals surface area contributed by atoms with Gasteiger partial charge in [-0.25, -0.2) is 0 Å². The minimum absolute atomic E-state index is 0.427. The van der Waals surface area contributed by atoms with E-state index in [-0.39, 0.29) is 0 Å². The quantitative estimate of drug-likeness (QED) is 0.553. The molecule has 2 aromatic carbocycles. The second-order valence-corrected chi connectivity index (χ2v) is 8.58. The van der Waals surface area contributed by atoms with Crippen LogP contribution in [0.5, 0.6) is 11.5 Å². The van der Waals surface area contributed by atoms with Gasteiger partial charge in [0.2, 0.25) is 0 Å². The molecule has 0 atom stereocenters. The van der Waals surface area contributed by atoms with Crippen molar-refractivity contribution in [3.8, 4) is 11.5 Å². The highest BCUT2D eigenvalue weighted by Crippen LogP contribution is 2.30. The average Bonchev–Trinajstić information content (AvgIpc) is 2.69. The molecule has 0 aliphatic carbocycles. The van der Waals surface area contributed by atoms with Crippen molar-refractivity contribution in [1.29, 1.82) is 0 Å². The molecular formula is C22H28BrClN2O2. The van der Waals surface area contributed by atoms with Crippen molar-refractivity contribution in [2.75, 3.05) is 46.9 Å². The Morgan fingerprint density at radius 1 is 1.04 bits per heavy atom. The molecule has 2 aromatic rings. The van der Waals surface area contributed by atoms with E-state index in [1.54, 1.807) is 7.11 Å². The molecule has 1 aliphatic rings. The molecule has 6 heteroatoms. The molecule has 1 saturated heterocycles. The van der Waals surface area contributed by atoms with Crippen molar-refractivity contribution in [3.05, 3.63) is 57.0 Å². The van der Waals surface area contributed by atoms with Gasteiger partial charge in [-0.2, -0.15) is 0 Å². The van der Waals surface area contributed by atoms with Gasteiger partial charge in [-0.1, -0.05) is 33.6 Å². The molecule has 3 rings (SSSR count). The van der Waals surface area contributed by atoms with E-state index >= 15 is 0 Å². The van der Waals surface area contributed by atoms with Crippen molar-refractivity contribution >= 4 is 27.5 Å². The predicted molar refractivity (Wildman–Crippen MR) is 119 cm³/mol. The first-order chi connectivity index (χ1) is 13.5. The van der Waals surface area contributed by atoms with E-state index in [0.717, 1.165) is 35.2 Å². The van der Waals surface area contributed by atoms with Gasteiger partial charge in [0, 0.05) is 36.2 Å². The van der Waals surface area contributed by atoms with Crippen LogP contribution in [0.4, 0.5) is 0 Å². The van der Waals surface area contributed by atoms with Gasteiger partial charge in [0.15, 0.2) is 0 Å². The van der Waals surface area contributed by atoms with E-state index in [4.69, 9.17) is 21.1 Å². The van der Waals surface area contributed by atoms with E-state index in [2.05, 4.69) is 44.9 Å². The van der Waals surface area contributed by atoms with Crippen molar-refractivity contribution in [3.63, 3.8) is 0 Å². The van der Waals surface area contributed by atoms with Crippen LogP contribution in [0, 0.1) is 0 Å². The summed E-state index contributed by atoms with van der Waals surface area (Å²) >= 11 is 9.67. The maximum absolute atomic E-state index is 6.26. The van der Waals surface area contributed by atoms with Gasteiger partial charge < -0.3 is 19.3 Å². The van der Waals surface area contributed by atoms with E-state index in [9.17, 15) is 0 Å². The number of hydrogen-bond donors (Lipinski definition) is 0. The van der Waals surface area contributed by atoms with E-state index in [0.29, 0.717) is 17.4 Å². The number of hydrogen-bond acceptors (Lipinski definition) is 4. The number of ether oxygens (including phenoxy) is 2. The Morgan fingerprint density at radius 2 is 1.79 bits per heavy atom. The normalized spacial score (nSPS) is 15.6. The molecule has 0 aromatic heterocycles. The Kier molecular flexibility index (Phi) is 8.03. The standard InChI is InChI=1S/C22H28BrClN2O2/c1-25-10-12-26(13-11-25)9-3-4-17-5-7-21(27-2)18(14-17)16-28-22-8-6-19(23)15-20(22)24/h5-8,14-15H,3-4,9-13,16H2,1-2H3. The van der Waals surface area contributed by atoms with E-state index in [1.165, 1.54) is 31.7 Å². The summed E-state index contributed by atoms with van der Waals surface area (Å²) < 4.78 is 12.4. The van der Waals surface area contributed by atoms with Gasteiger partial charge in [-0.05, 0) is 62.3 Å². The van der Waals surface area contributed by atoms with Crippen molar-refractivity contribution in [1.82, 2.24) is 9.80 Å². The molecule has 0 unspecified atom stereocenters. The fraction of sp³-hybridized carbons (Fsp3) is 0.455. The first-order valence-electron chi connectivity index (χ1n) is 9.69. The number of nitrogens with zero attached hydrogens (tertiary/aromatic N) is 2.